The molecule has 0 saturated heterocycles. The number of hydrogen-bond acceptors (Lipinski definition) is 2. The lowest BCUT2D eigenvalue weighted by molar-refractivity contribution is 0.0950. The summed E-state index contributed by atoms with van der Waals surface area (Å²) in [6.45, 7) is 2.79. The maximum Gasteiger partial charge on any atom is 0.255 e. The number of hydrogen-bond donors (Lipinski definition) is 1. The second-order valence-corrected chi connectivity index (χ2v) is 4.37. The average molecular weight is 286 g/mol. The normalized spacial score (nSPS) is 9.94. The van der Waals surface area contributed by atoms with Crippen LogP contribution in [0.25, 0.3) is 0 Å². The van der Waals surface area contributed by atoms with Crippen LogP contribution in [0.3, 0.4) is 0 Å². The van der Waals surface area contributed by atoms with Crippen molar-refractivity contribution in [3.8, 4) is 5.75 Å². The third kappa shape index (κ3) is 3.52. The quantitative estimate of drug-likeness (QED) is 0.845. The van der Waals surface area contributed by atoms with Crippen molar-refractivity contribution in [2.24, 2.45) is 0 Å². The molecule has 0 spiro atoms. The van der Waals surface area contributed by atoms with Crippen LogP contribution in [0.5, 0.6) is 5.75 Å². The maximum absolute atomic E-state index is 11.8. The Balaban J connectivity index is 2.76. The van der Waals surface area contributed by atoms with E-state index in [9.17, 15) is 4.79 Å². The molecule has 4 heteroatoms. The molecular formula is C12H16BrNO2. The van der Waals surface area contributed by atoms with Crippen molar-refractivity contribution in [1.29, 1.82) is 0 Å². The first-order valence-corrected chi connectivity index (χ1v) is 6.10. The van der Waals surface area contributed by atoms with E-state index in [-0.39, 0.29) is 5.91 Å². The van der Waals surface area contributed by atoms with Crippen molar-refractivity contribution in [2.75, 3.05) is 13.7 Å². The lowest BCUT2D eigenvalue weighted by atomic mass is 10.2. The van der Waals surface area contributed by atoms with E-state index >= 15 is 0 Å². The van der Waals surface area contributed by atoms with Gasteiger partial charge in [0, 0.05) is 11.0 Å². The molecule has 1 amide bonds. The number of benzene rings is 1. The maximum atomic E-state index is 11.8. The Hall–Kier alpha value is -1.03. The van der Waals surface area contributed by atoms with Gasteiger partial charge in [0.2, 0.25) is 0 Å². The lowest BCUT2D eigenvalue weighted by Gasteiger charge is -2.09. The molecule has 0 fully saturated rings. The van der Waals surface area contributed by atoms with Crippen molar-refractivity contribution < 1.29 is 9.53 Å². The van der Waals surface area contributed by atoms with Gasteiger partial charge >= 0.3 is 0 Å². The van der Waals surface area contributed by atoms with Gasteiger partial charge in [0.05, 0.1) is 12.7 Å². The van der Waals surface area contributed by atoms with Gasteiger partial charge < -0.3 is 10.1 Å². The Morgan fingerprint density at radius 2 is 2.25 bits per heavy atom. The zero-order chi connectivity index (χ0) is 12.0. The third-order valence-corrected chi connectivity index (χ3v) is 2.72. The summed E-state index contributed by atoms with van der Waals surface area (Å²) in [5.74, 6) is 0.504. The van der Waals surface area contributed by atoms with Crippen LogP contribution in [-0.2, 0) is 0 Å². The fourth-order valence-corrected chi connectivity index (χ4v) is 1.69. The number of carbonyl (C=O) groups excluding carboxylic acids is 1. The van der Waals surface area contributed by atoms with Gasteiger partial charge in [-0.15, -0.1) is 0 Å². The Bertz CT molecular complexity index is 366. The topological polar surface area (TPSA) is 38.3 Å². The summed E-state index contributed by atoms with van der Waals surface area (Å²) in [7, 11) is 1.56. The largest absolute Gasteiger partial charge is 0.496 e. The average Bonchev–Trinajstić information content (AvgIpc) is 2.29. The molecule has 1 aromatic carbocycles. The molecule has 0 unspecified atom stereocenters. The van der Waals surface area contributed by atoms with E-state index in [1.165, 1.54) is 0 Å². The van der Waals surface area contributed by atoms with Gasteiger partial charge in [-0.05, 0) is 24.6 Å². The van der Waals surface area contributed by atoms with Gasteiger partial charge in [-0.3, -0.25) is 4.79 Å². The molecule has 0 radical (unpaired) electrons. The smallest absolute Gasteiger partial charge is 0.255 e. The predicted octanol–water partition coefficient (Wildman–Crippen LogP) is 2.99. The van der Waals surface area contributed by atoms with Crippen LogP contribution in [0.2, 0.25) is 0 Å². The van der Waals surface area contributed by atoms with E-state index in [1.807, 2.05) is 6.07 Å². The Kier molecular flexibility index (Phi) is 5.32. The van der Waals surface area contributed by atoms with E-state index in [0.717, 1.165) is 17.3 Å². The molecule has 3 nitrogen and oxygen atoms in total. The van der Waals surface area contributed by atoms with Gasteiger partial charge in [0.15, 0.2) is 0 Å². The van der Waals surface area contributed by atoms with Crippen molar-refractivity contribution in [3.05, 3.63) is 28.2 Å². The van der Waals surface area contributed by atoms with Gasteiger partial charge in [-0.1, -0.05) is 29.3 Å². The standard InChI is InChI=1S/C12H16BrNO2/c1-3-4-7-14-12(15)10-8-9(13)5-6-11(10)16-2/h5-6,8H,3-4,7H2,1-2H3,(H,14,15). The summed E-state index contributed by atoms with van der Waals surface area (Å²) in [5, 5.41) is 2.86. The summed E-state index contributed by atoms with van der Waals surface area (Å²) in [4.78, 5) is 11.8. The molecule has 0 bridgehead atoms. The Labute approximate surface area is 104 Å². The molecule has 1 rings (SSSR count). The molecule has 0 atom stereocenters. The van der Waals surface area contributed by atoms with E-state index in [0.29, 0.717) is 17.9 Å². The first-order valence-electron chi connectivity index (χ1n) is 5.30. The fraction of sp³-hybridized carbons (Fsp3) is 0.417. The van der Waals surface area contributed by atoms with Crippen molar-refractivity contribution in [2.45, 2.75) is 19.8 Å². The van der Waals surface area contributed by atoms with Crippen molar-refractivity contribution in [1.82, 2.24) is 5.32 Å². The van der Waals surface area contributed by atoms with Crippen LogP contribution in [0.1, 0.15) is 30.1 Å². The molecule has 0 heterocycles. The second kappa shape index (κ2) is 6.53. The molecule has 88 valence electrons. The van der Waals surface area contributed by atoms with Gasteiger partial charge in [-0.2, -0.15) is 0 Å². The zero-order valence-electron chi connectivity index (χ0n) is 9.55. The molecule has 16 heavy (non-hydrogen) atoms. The van der Waals surface area contributed by atoms with Gasteiger partial charge in [0.1, 0.15) is 5.75 Å². The molecule has 0 aromatic heterocycles. The second-order valence-electron chi connectivity index (χ2n) is 3.45. The number of rotatable bonds is 5. The Morgan fingerprint density at radius 1 is 1.50 bits per heavy atom. The van der Waals surface area contributed by atoms with Crippen LogP contribution in [0.4, 0.5) is 0 Å². The number of amides is 1. The van der Waals surface area contributed by atoms with E-state index < -0.39 is 0 Å². The van der Waals surface area contributed by atoms with Crippen LogP contribution in [0.15, 0.2) is 22.7 Å². The molecule has 0 aliphatic carbocycles. The monoisotopic (exact) mass is 285 g/mol. The minimum Gasteiger partial charge on any atom is -0.496 e. The number of nitrogens with one attached hydrogen (secondary N) is 1. The van der Waals surface area contributed by atoms with E-state index in [4.69, 9.17) is 4.74 Å². The van der Waals surface area contributed by atoms with E-state index in [1.54, 1.807) is 19.2 Å². The Morgan fingerprint density at radius 3 is 2.88 bits per heavy atom. The van der Waals surface area contributed by atoms with Crippen molar-refractivity contribution >= 4 is 21.8 Å². The molecule has 1 N–H and O–H groups in total. The number of unbranched alkanes of at least 4 members (excludes halogenated alkanes) is 1. The summed E-state index contributed by atoms with van der Waals surface area (Å²) in [5.41, 5.74) is 0.563. The van der Waals surface area contributed by atoms with Crippen LogP contribution in [0, 0.1) is 0 Å². The summed E-state index contributed by atoms with van der Waals surface area (Å²) in [6, 6.07) is 5.39. The zero-order valence-corrected chi connectivity index (χ0v) is 11.1. The molecule has 0 aliphatic rings. The first kappa shape index (κ1) is 13.0. The highest BCUT2D eigenvalue weighted by Gasteiger charge is 2.11. The van der Waals surface area contributed by atoms with Crippen LogP contribution in [-0.4, -0.2) is 19.6 Å². The van der Waals surface area contributed by atoms with Gasteiger partial charge in [0.25, 0.3) is 5.91 Å². The number of methoxy groups -OCH3 is 1. The summed E-state index contributed by atoms with van der Waals surface area (Å²) >= 11 is 3.34. The fourth-order valence-electron chi connectivity index (χ4n) is 1.33. The molecule has 0 aliphatic heterocycles. The number of halogens is 1. The van der Waals surface area contributed by atoms with Gasteiger partial charge in [-0.25, -0.2) is 0 Å². The first-order chi connectivity index (χ1) is 7.69. The SMILES string of the molecule is CCCCNC(=O)c1cc(Br)ccc1OC. The van der Waals surface area contributed by atoms with E-state index in [2.05, 4.69) is 28.2 Å². The predicted molar refractivity (Wildman–Crippen MR) is 67.9 cm³/mol. The minimum atomic E-state index is -0.0911. The van der Waals surface area contributed by atoms with Crippen LogP contribution >= 0.6 is 15.9 Å². The molecule has 0 saturated carbocycles. The molecular weight excluding hydrogens is 270 g/mol. The molecule has 1 aromatic rings. The minimum absolute atomic E-state index is 0.0911. The highest BCUT2D eigenvalue weighted by molar-refractivity contribution is 9.10. The highest BCUT2D eigenvalue weighted by atomic mass is 79.9. The third-order valence-electron chi connectivity index (χ3n) is 2.22. The van der Waals surface area contributed by atoms with Crippen molar-refractivity contribution in [3.63, 3.8) is 0 Å². The lowest BCUT2D eigenvalue weighted by Crippen LogP contribution is -2.24. The van der Waals surface area contributed by atoms with Crippen LogP contribution < -0.4 is 10.1 Å². The highest BCUT2D eigenvalue weighted by Crippen LogP contribution is 2.22. The summed E-state index contributed by atoms with van der Waals surface area (Å²) in [6.07, 6.45) is 2.05. The number of ether oxygens (including phenoxy) is 1. The number of carbonyl (C=O) groups is 1. The summed E-state index contributed by atoms with van der Waals surface area (Å²) < 4.78 is 6.02.